The van der Waals surface area contributed by atoms with E-state index in [-0.39, 0.29) is 0 Å². The van der Waals surface area contributed by atoms with Crippen LogP contribution < -0.4 is 5.73 Å². The minimum atomic E-state index is -0.666. The maximum absolute atomic E-state index is 9.17. The van der Waals surface area contributed by atoms with Gasteiger partial charge in [-0.15, -0.1) is 0 Å². The highest BCUT2D eigenvalue weighted by Crippen LogP contribution is 2.31. The highest BCUT2D eigenvalue weighted by atomic mass is 14.6. The molecule has 0 aliphatic rings. The highest BCUT2D eigenvalue weighted by Gasteiger charge is 2.27. The van der Waals surface area contributed by atoms with Crippen molar-refractivity contribution < 1.29 is 0 Å². The van der Waals surface area contributed by atoms with Gasteiger partial charge < -0.3 is 5.73 Å². The summed E-state index contributed by atoms with van der Waals surface area (Å²) in [6, 6.07) is 11.6. The van der Waals surface area contributed by atoms with Gasteiger partial charge in [0.1, 0.15) is 0 Å². The molecule has 0 bridgehead atoms. The van der Waals surface area contributed by atoms with Gasteiger partial charge in [0.25, 0.3) is 0 Å². The average Bonchev–Trinajstić information content (AvgIpc) is 2.26. The fraction of sp³-hybridized carbons (Fsp3) is 0.333. The molecule has 0 aliphatic carbocycles. The standard InChI is InChI=1S/C12H13N3/c1-12(9-14,7-4-8-13)10-5-2-3-6-11(10)15/h2-3,5-6H,4,7,15H2,1H3. The maximum Gasteiger partial charge on any atom is 0.0823 e. The van der Waals surface area contributed by atoms with Crippen LogP contribution in [0.15, 0.2) is 24.3 Å². The Bertz CT molecular complexity index is 425. The molecule has 0 aliphatic heterocycles. The molecule has 0 spiro atoms. The van der Waals surface area contributed by atoms with Crippen molar-refractivity contribution in [3.05, 3.63) is 29.8 Å². The number of para-hydroxylation sites is 1. The quantitative estimate of drug-likeness (QED) is 0.759. The molecule has 0 amide bonds. The number of rotatable bonds is 3. The topological polar surface area (TPSA) is 73.6 Å². The van der Waals surface area contributed by atoms with Gasteiger partial charge in [0.05, 0.1) is 17.6 Å². The zero-order valence-corrected chi connectivity index (χ0v) is 8.70. The predicted octanol–water partition coefficient (Wildman–Crippen LogP) is 2.35. The summed E-state index contributed by atoms with van der Waals surface area (Å²) in [5, 5.41) is 17.7. The second-order valence-electron chi connectivity index (χ2n) is 3.69. The van der Waals surface area contributed by atoms with E-state index in [0.717, 1.165) is 5.56 Å². The molecule has 0 saturated carbocycles. The molecule has 3 heteroatoms. The normalized spacial score (nSPS) is 13.5. The van der Waals surface area contributed by atoms with Crippen LogP contribution in [0.5, 0.6) is 0 Å². The van der Waals surface area contributed by atoms with Gasteiger partial charge in [-0.1, -0.05) is 18.2 Å². The van der Waals surface area contributed by atoms with Gasteiger partial charge in [-0.3, -0.25) is 0 Å². The Labute approximate surface area is 89.7 Å². The molecular weight excluding hydrogens is 186 g/mol. The van der Waals surface area contributed by atoms with Crippen molar-refractivity contribution in [2.75, 3.05) is 5.73 Å². The number of hydrogen-bond donors (Lipinski definition) is 1. The number of anilines is 1. The molecule has 3 nitrogen and oxygen atoms in total. The number of nitrogens with two attached hydrogens (primary N) is 1. The van der Waals surface area contributed by atoms with Crippen LogP contribution in [0.1, 0.15) is 25.3 Å². The second-order valence-corrected chi connectivity index (χ2v) is 3.69. The van der Waals surface area contributed by atoms with E-state index >= 15 is 0 Å². The summed E-state index contributed by atoms with van der Waals surface area (Å²) in [7, 11) is 0. The lowest BCUT2D eigenvalue weighted by Gasteiger charge is -2.22. The van der Waals surface area contributed by atoms with Crippen LogP contribution in [-0.4, -0.2) is 0 Å². The van der Waals surface area contributed by atoms with Crippen LogP contribution in [-0.2, 0) is 5.41 Å². The van der Waals surface area contributed by atoms with Crippen LogP contribution >= 0.6 is 0 Å². The summed E-state index contributed by atoms with van der Waals surface area (Å²) < 4.78 is 0. The Morgan fingerprint density at radius 1 is 1.33 bits per heavy atom. The van der Waals surface area contributed by atoms with Crippen molar-refractivity contribution in [1.82, 2.24) is 0 Å². The van der Waals surface area contributed by atoms with Crippen molar-refractivity contribution in [3.63, 3.8) is 0 Å². The summed E-state index contributed by atoms with van der Waals surface area (Å²) in [6.45, 7) is 1.82. The average molecular weight is 199 g/mol. The molecule has 0 aromatic heterocycles. The summed E-state index contributed by atoms with van der Waals surface area (Å²) in [4.78, 5) is 0. The smallest absolute Gasteiger partial charge is 0.0823 e. The highest BCUT2D eigenvalue weighted by molar-refractivity contribution is 5.52. The first-order valence-electron chi connectivity index (χ1n) is 4.77. The van der Waals surface area contributed by atoms with Crippen molar-refractivity contribution in [2.45, 2.75) is 25.2 Å². The van der Waals surface area contributed by atoms with Crippen molar-refractivity contribution in [1.29, 1.82) is 10.5 Å². The third kappa shape index (κ3) is 2.27. The van der Waals surface area contributed by atoms with E-state index < -0.39 is 5.41 Å². The number of nitrogens with zero attached hydrogens (tertiary/aromatic N) is 2. The van der Waals surface area contributed by atoms with Gasteiger partial charge in [-0.05, 0) is 25.0 Å². The summed E-state index contributed by atoms with van der Waals surface area (Å²) in [6.07, 6.45) is 0.868. The first-order valence-corrected chi connectivity index (χ1v) is 4.77. The maximum atomic E-state index is 9.17. The molecule has 0 radical (unpaired) electrons. The molecule has 1 rings (SSSR count). The van der Waals surface area contributed by atoms with E-state index in [1.165, 1.54) is 0 Å². The Morgan fingerprint density at radius 2 is 2.00 bits per heavy atom. The number of nitriles is 2. The van der Waals surface area contributed by atoms with Gasteiger partial charge >= 0.3 is 0 Å². The Morgan fingerprint density at radius 3 is 2.53 bits per heavy atom. The first kappa shape index (κ1) is 11.1. The molecule has 1 aromatic rings. The van der Waals surface area contributed by atoms with Gasteiger partial charge in [0.15, 0.2) is 0 Å². The van der Waals surface area contributed by atoms with E-state index in [0.29, 0.717) is 18.5 Å². The van der Waals surface area contributed by atoms with Gasteiger partial charge in [0.2, 0.25) is 0 Å². The zero-order chi connectivity index (χ0) is 11.3. The lowest BCUT2D eigenvalue weighted by atomic mass is 9.79. The fourth-order valence-corrected chi connectivity index (χ4v) is 1.56. The fourth-order valence-electron chi connectivity index (χ4n) is 1.56. The molecule has 1 unspecified atom stereocenters. The Hall–Kier alpha value is -2.00. The van der Waals surface area contributed by atoms with Gasteiger partial charge in [0, 0.05) is 12.1 Å². The van der Waals surface area contributed by atoms with E-state index in [4.69, 9.17) is 11.0 Å². The molecule has 2 N–H and O–H groups in total. The molecule has 0 saturated heterocycles. The largest absolute Gasteiger partial charge is 0.398 e. The van der Waals surface area contributed by atoms with E-state index in [1.54, 1.807) is 6.07 Å². The Balaban J connectivity index is 3.08. The van der Waals surface area contributed by atoms with Crippen molar-refractivity contribution in [3.8, 4) is 12.1 Å². The minimum Gasteiger partial charge on any atom is -0.398 e. The van der Waals surface area contributed by atoms with E-state index in [9.17, 15) is 5.26 Å². The second kappa shape index (κ2) is 4.48. The SMILES string of the molecule is CC(C#N)(CCC#N)c1ccccc1N. The molecule has 0 heterocycles. The number of hydrogen-bond acceptors (Lipinski definition) is 3. The van der Waals surface area contributed by atoms with Crippen molar-refractivity contribution >= 4 is 5.69 Å². The van der Waals surface area contributed by atoms with E-state index in [1.807, 2.05) is 25.1 Å². The first-order chi connectivity index (χ1) is 7.14. The van der Waals surface area contributed by atoms with Gasteiger partial charge in [-0.25, -0.2) is 0 Å². The molecular formula is C12H13N3. The summed E-state index contributed by atoms with van der Waals surface area (Å²) >= 11 is 0. The molecule has 76 valence electrons. The molecule has 0 fully saturated rings. The molecule has 1 atom stereocenters. The van der Waals surface area contributed by atoms with Crippen LogP contribution in [0.2, 0.25) is 0 Å². The van der Waals surface area contributed by atoms with Crippen molar-refractivity contribution in [2.24, 2.45) is 0 Å². The lowest BCUT2D eigenvalue weighted by Crippen LogP contribution is -2.20. The summed E-state index contributed by atoms with van der Waals surface area (Å²) in [5.74, 6) is 0. The monoisotopic (exact) mass is 199 g/mol. The van der Waals surface area contributed by atoms with Gasteiger partial charge in [-0.2, -0.15) is 10.5 Å². The minimum absolute atomic E-state index is 0.360. The van der Waals surface area contributed by atoms with Crippen LogP contribution in [0, 0.1) is 22.7 Å². The lowest BCUT2D eigenvalue weighted by molar-refractivity contribution is 0.564. The number of benzene rings is 1. The number of nitrogen functional groups attached to an aromatic ring is 1. The molecule has 15 heavy (non-hydrogen) atoms. The Kier molecular flexibility index (Phi) is 3.31. The summed E-state index contributed by atoms with van der Waals surface area (Å²) in [5.41, 5.74) is 6.57. The van der Waals surface area contributed by atoms with Crippen LogP contribution in [0.3, 0.4) is 0 Å². The van der Waals surface area contributed by atoms with Crippen LogP contribution in [0.25, 0.3) is 0 Å². The third-order valence-electron chi connectivity index (χ3n) is 2.54. The zero-order valence-electron chi connectivity index (χ0n) is 8.70. The third-order valence-corrected chi connectivity index (χ3v) is 2.54. The van der Waals surface area contributed by atoms with Crippen LogP contribution in [0.4, 0.5) is 5.69 Å². The van der Waals surface area contributed by atoms with E-state index in [2.05, 4.69) is 12.1 Å². The molecule has 1 aromatic carbocycles. The predicted molar refractivity (Wildman–Crippen MR) is 58.7 cm³/mol.